The van der Waals surface area contributed by atoms with Crippen molar-refractivity contribution in [2.75, 3.05) is 6.79 Å². The molecule has 15 heavy (non-hydrogen) atoms. The molecule has 4 nitrogen and oxygen atoms in total. The zero-order chi connectivity index (χ0) is 10.4. The van der Waals surface area contributed by atoms with E-state index in [1.54, 1.807) is 0 Å². The smallest absolute Gasteiger partial charge is 0.335 e. The van der Waals surface area contributed by atoms with E-state index in [2.05, 4.69) is 22.6 Å². The number of ether oxygens (including phenoxy) is 2. The van der Waals surface area contributed by atoms with Crippen molar-refractivity contribution >= 4 is 11.9 Å². The maximum Gasteiger partial charge on any atom is 0.335 e. The van der Waals surface area contributed by atoms with Crippen molar-refractivity contribution in [3.8, 4) is 0 Å². The summed E-state index contributed by atoms with van der Waals surface area (Å²) in [7, 11) is 0. The fourth-order valence-corrected chi connectivity index (χ4v) is 0.383. The quantitative estimate of drug-likeness (QED) is 0.411. The van der Waals surface area contributed by atoms with Crippen LogP contribution in [0.5, 0.6) is 0 Å². The maximum atomic E-state index is 10.8. The summed E-state index contributed by atoms with van der Waals surface area (Å²) in [4.78, 5) is 21.5. The van der Waals surface area contributed by atoms with Gasteiger partial charge in [0, 0.05) is 11.1 Å². The van der Waals surface area contributed by atoms with Crippen LogP contribution in [0.3, 0.4) is 0 Å². The van der Waals surface area contributed by atoms with Crippen molar-refractivity contribution in [1.29, 1.82) is 0 Å². The lowest BCUT2D eigenvalue weighted by Gasteiger charge is -2.04. The van der Waals surface area contributed by atoms with E-state index in [4.69, 9.17) is 0 Å². The lowest BCUT2D eigenvalue weighted by atomic mass is 10.4. The third-order valence-electron chi connectivity index (χ3n) is 1.08. The van der Waals surface area contributed by atoms with Crippen LogP contribution >= 0.6 is 0 Å². The van der Waals surface area contributed by atoms with Gasteiger partial charge in [0.15, 0.2) is 0 Å². The zero-order valence-electron chi connectivity index (χ0n) is 7.75. The number of hydrogen-bond donors (Lipinski definition) is 0. The average Bonchev–Trinajstić information content (AvgIpc) is 2.03. The molecule has 0 aromatic carbocycles. The number of carbonyl (C=O) groups is 2. The van der Waals surface area contributed by atoms with Gasteiger partial charge < -0.3 is 9.47 Å². The second kappa shape index (κ2) is 8.99. The Morgan fingerprint density at radius 1 is 0.933 bits per heavy atom. The Labute approximate surface area is 91.6 Å². The highest BCUT2D eigenvalue weighted by atomic mass is 16.7. The van der Waals surface area contributed by atoms with E-state index in [0.29, 0.717) is 0 Å². The fraction of sp³-hybridized carbons (Fsp3) is 0.455. The van der Waals surface area contributed by atoms with Crippen LogP contribution in [0.1, 0.15) is 28.7 Å². The van der Waals surface area contributed by atoms with Crippen molar-refractivity contribution in [2.45, 2.75) is 28.7 Å². The molecule has 0 fully saturated rings. The van der Waals surface area contributed by atoms with E-state index < -0.39 is 18.7 Å². The van der Waals surface area contributed by atoms with E-state index in [-0.39, 0.29) is 26.0 Å². The highest BCUT2D eigenvalue weighted by molar-refractivity contribution is 5.88. The summed E-state index contributed by atoms with van der Waals surface area (Å²) in [6, 6.07) is 0. The second-order valence-electron chi connectivity index (χ2n) is 2.54. The van der Waals surface area contributed by atoms with E-state index in [1.165, 1.54) is 13.8 Å². The highest BCUT2D eigenvalue weighted by Crippen LogP contribution is 1.95. The van der Waals surface area contributed by atoms with Gasteiger partial charge in [-0.3, -0.25) is 0 Å². The predicted octanol–water partition coefficient (Wildman–Crippen LogP) is 2.45. The summed E-state index contributed by atoms with van der Waals surface area (Å²) in [6.45, 7) is 9.31. The largest absolute Gasteiger partial charge is 0.425 e. The van der Waals surface area contributed by atoms with Crippen LogP contribution in [0.15, 0.2) is 24.3 Å². The fourth-order valence-electron chi connectivity index (χ4n) is 0.383. The monoisotopic (exact) mass is 216 g/mol. The summed E-state index contributed by atoms with van der Waals surface area (Å²) in [5, 5.41) is 0. The van der Waals surface area contributed by atoms with Crippen LogP contribution in [-0.4, -0.2) is 18.7 Å². The topological polar surface area (TPSA) is 52.6 Å². The van der Waals surface area contributed by atoms with Gasteiger partial charge >= 0.3 is 11.9 Å². The van der Waals surface area contributed by atoms with Gasteiger partial charge in [0.05, 0.1) is 0 Å². The molecule has 0 unspecified atom stereocenters. The molecule has 0 saturated carbocycles. The first-order valence-corrected chi connectivity index (χ1v) is 3.60. The predicted molar refractivity (Wildman–Crippen MR) is 60.1 cm³/mol. The minimum atomic E-state index is -0.588. The molecular formula is C11H20O4. The molecule has 0 amide bonds. The number of hydrogen-bond acceptors (Lipinski definition) is 4. The van der Waals surface area contributed by atoms with Gasteiger partial charge in [0.2, 0.25) is 6.79 Å². The van der Waals surface area contributed by atoms with Crippen LogP contribution in [0.25, 0.3) is 0 Å². The van der Waals surface area contributed by atoms with E-state index >= 15 is 0 Å². The molecule has 0 saturated heterocycles. The van der Waals surface area contributed by atoms with Gasteiger partial charge in [0.25, 0.3) is 0 Å². The molecule has 0 atom stereocenters. The zero-order valence-corrected chi connectivity index (χ0v) is 7.75. The minimum Gasteiger partial charge on any atom is -0.425 e. The van der Waals surface area contributed by atoms with Gasteiger partial charge in [0.1, 0.15) is 0 Å². The van der Waals surface area contributed by atoms with Gasteiger partial charge in [-0.05, 0) is 13.8 Å². The van der Waals surface area contributed by atoms with Crippen LogP contribution < -0.4 is 0 Å². The third kappa shape index (κ3) is 8.74. The number of carbonyl (C=O) groups excluding carboxylic acids is 2. The molecule has 0 heterocycles. The molecule has 0 bridgehead atoms. The Bertz CT molecular complexity index is 227. The SMILES string of the molecule is C.C.C=C(C)C(=O)OCOC(=O)C(=C)C. The van der Waals surface area contributed by atoms with Crippen LogP contribution in [0.2, 0.25) is 0 Å². The van der Waals surface area contributed by atoms with Crippen molar-refractivity contribution in [3.63, 3.8) is 0 Å². The molecule has 0 N–H and O–H groups in total. The molecule has 0 aliphatic carbocycles. The van der Waals surface area contributed by atoms with Gasteiger partial charge in [-0.15, -0.1) is 0 Å². The summed E-state index contributed by atoms with van der Waals surface area (Å²) >= 11 is 0. The van der Waals surface area contributed by atoms with E-state index in [0.717, 1.165) is 0 Å². The lowest BCUT2D eigenvalue weighted by molar-refractivity contribution is -0.161. The van der Waals surface area contributed by atoms with Gasteiger partial charge in [-0.1, -0.05) is 28.0 Å². The van der Waals surface area contributed by atoms with Crippen LogP contribution in [0, 0.1) is 0 Å². The van der Waals surface area contributed by atoms with Crippen molar-refractivity contribution < 1.29 is 19.1 Å². The Morgan fingerprint density at radius 3 is 1.40 bits per heavy atom. The summed E-state index contributed by atoms with van der Waals surface area (Å²) in [5.41, 5.74) is 0.512. The van der Waals surface area contributed by atoms with Crippen molar-refractivity contribution in [2.24, 2.45) is 0 Å². The Morgan fingerprint density at radius 2 is 1.20 bits per heavy atom. The standard InChI is InChI=1S/C9H12O4.2CH4/c1-6(2)8(10)12-5-13-9(11)7(3)4;;/h1,3,5H2,2,4H3;2*1H4. The number of rotatable bonds is 4. The summed E-state index contributed by atoms with van der Waals surface area (Å²) < 4.78 is 9.00. The second-order valence-corrected chi connectivity index (χ2v) is 2.54. The molecular weight excluding hydrogens is 196 g/mol. The molecule has 0 aliphatic rings. The first kappa shape index (κ1) is 19.1. The van der Waals surface area contributed by atoms with Gasteiger partial charge in [-0.25, -0.2) is 9.59 Å². The van der Waals surface area contributed by atoms with Crippen molar-refractivity contribution in [1.82, 2.24) is 0 Å². The summed E-state index contributed by atoms with van der Waals surface area (Å²) in [5.74, 6) is -1.18. The van der Waals surface area contributed by atoms with Crippen LogP contribution in [-0.2, 0) is 19.1 Å². The minimum absolute atomic E-state index is 0. The number of esters is 2. The lowest BCUT2D eigenvalue weighted by Crippen LogP contribution is -2.13. The molecule has 88 valence electrons. The third-order valence-corrected chi connectivity index (χ3v) is 1.08. The first-order valence-electron chi connectivity index (χ1n) is 3.60. The molecule has 0 spiro atoms. The normalized spacial score (nSPS) is 7.60. The van der Waals surface area contributed by atoms with Crippen LogP contribution in [0.4, 0.5) is 0 Å². The Kier molecular flexibility index (Phi) is 11.4. The van der Waals surface area contributed by atoms with Gasteiger partial charge in [-0.2, -0.15) is 0 Å². The summed E-state index contributed by atoms with van der Waals surface area (Å²) in [6.07, 6.45) is 0. The molecule has 0 aliphatic heterocycles. The first-order chi connectivity index (χ1) is 5.95. The molecule has 0 aromatic rings. The highest BCUT2D eigenvalue weighted by Gasteiger charge is 2.06. The average molecular weight is 216 g/mol. The van der Waals surface area contributed by atoms with E-state index in [9.17, 15) is 9.59 Å². The molecule has 0 rings (SSSR count). The van der Waals surface area contributed by atoms with Crippen molar-refractivity contribution in [3.05, 3.63) is 24.3 Å². The molecule has 0 radical (unpaired) electrons. The Balaban J connectivity index is -0.000000720. The molecule has 0 aromatic heterocycles. The molecule has 4 heteroatoms. The Hall–Kier alpha value is -1.58. The maximum absolute atomic E-state index is 10.8. The van der Waals surface area contributed by atoms with E-state index in [1.807, 2.05) is 0 Å².